The van der Waals surface area contributed by atoms with E-state index in [1.807, 2.05) is 91.9 Å². The van der Waals surface area contributed by atoms with E-state index in [4.69, 9.17) is 9.84 Å². The second kappa shape index (κ2) is 53.7. The van der Waals surface area contributed by atoms with E-state index in [1.54, 1.807) is 110 Å². The number of rotatable bonds is 25. The van der Waals surface area contributed by atoms with Gasteiger partial charge in [0.1, 0.15) is 5.82 Å². The summed E-state index contributed by atoms with van der Waals surface area (Å²) >= 11 is 0. The Morgan fingerprint density at radius 3 is 1.15 bits per heavy atom. The molecule has 5 amide bonds. The summed E-state index contributed by atoms with van der Waals surface area (Å²) in [5, 5.41) is 92.3. The highest BCUT2D eigenvalue weighted by molar-refractivity contribution is 6.07. The molecule has 6 aromatic heterocycles. The first-order chi connectivity index (χ1) is 66.7. The van der Waals surface area contributed by atoms with Gasteiger partial charge in [-0.25, -0.2) is 54.2 Å². The molecular formula is C107H136FN21O12. The van der Waals surface area contributed by atoms with Crippen LogP contribution >= 0.6 is 0 Å². The number of aliphatic hydroxyl groups excluding tert-OH is 6. The summed E-state index contributed by atoms with van der Waals surface area (Å²) in [5.74, 6) is 1.38. The van der Waals surface area contributed by atoms with Crippen molar-refractivity contribution >= 4 is 114 Å². The zero-order valence-corrected chi connectivity index (χ0v) is 76.7. The molecule has 0 radical (unpaired) electrons. The second-order valence-electron chi connectivity index (χ2n) is 35.7. The van der Waals surface area contributed by atoms with Crippen molar-refractivity contribution in [2.24, 2.45) is 0 Å². The topological polar surface area (TPSA) is 478 Å². The minimum Gasteiger partial charge on any atom is -0.395 e. The standard InChI is InChI=1S/C24H27FN4O2.C22H24N4O2.C21H23N5O2.C19H24N4O3.C17H22N4O3.4CH4/c1-2-21(19-5-3-4-6-20(19)25)28-23(31)15-7-8-16-14-26-24(29-22(16)13-15)27-17-9-11-18(30)12-10-17;27-19-10-8-18(9-11-19)25-22-24-14-17-7-6-16(12-20(17)26-22)21(28)23-13-15-4-2-1-3-5-15;27-18-8-6-16(7-9-18)25-21-24-12-15-5-4-14(11-19(15)26-21)20(28)23-13-17-3-1-2-10-22-17;24-15-6-4-13(5-7-15)22-19-20-10-12-2-1-3-16(17(12)23-19)18(25)21-14-8-9-26-11-14;22-9-8-18-16(24)14-3-1-2-11-10-19-17(21-15(11)14)20-12-4-6-13(23)7-5-12;;;;/h3-8,13-14,17-18,21,30H,2,9-12H2,1H3,(H,28,31)(H,26,27,29);1-7,12,14,18-19,27H,8-11,13H2,(H,23,28)(H,24,25,26);1-5,10-12,16,18,27H,6-9,13H2,(H,23,28)(H,24,25,26);1-3,10,13-15,24H,4-9,11H2,(H,21,25)(H,20,22,23);1-3,10,12-13,22-23H,4-9H2,(H,18,24)(H,19,20,21);4*1H4. The molecular weight excluding hydrogens is 1790 g/mol. The van der Waals surface area contributed by atoms with Gasteiger partial charge in [0, 0.05) is 136 Å². The summed E-state index contributed by atoms with van der Waals surface area (Å²) in [4.78, 5) is 112. The van der Waals surface area contributed by atoms with Gasteiger partial charge in [-0.1, -0.05) is 134 Å². The monoisotopic (exact) mass is 1930 g/mol. The SMILES string of the molecule is C.C.C.C.CCC(NC(=O)c1ccc2cnc(NC3CCC(O)CC3)nc2c1)c1ccccc1F.O=C(NC1CCOC1)c1cccc2cnc(NC3CCC(O)CC3)nc12.O=C(NCCO)c1cccc2cnc(NC3CCC(O)CC3)nc12.O=C(NCc1ccccc1)c1ccc2cnc(NC3CCC(O)CC3)nc2c1.O=C(NCc1ccccn1)c1ccc2cnc(NC3CCC(O)CC3)nc2c1. The van der Waals surface area contributed by atoms with Gasteiger partial charge in [-0.05, 0) is 214 Å². The van der Waals surface area contributed by atoms with Crippen LogP contribution in [0.25, 0.3) is 54.5 Å². The number of nitrogens with zero attached hydrogens (tertiary/aromatic N) is 11. The summed E-state index contributed by atoms with van der Waals surface area (Å²) in [6.07, 6.45) is 27.6. The fourth-order valence-corrected chi connectivity index (χ4v) is 17.6. The van der Waals surface area contributed by atoms with Gasteiger partial charge in [0.25, 0.3) is 29.5 Å². The Morgan fingerprint density at radius 2 is 0.759 bits per heavy atom. The van der Waals surface area contributed by atoms with Crippen molar-refractivity contribution in [3.8, 4) is 0 Å². The summed E-state index contributed by atoms with van der Waals surface area (Å²) < 4.78 is 19.5. The van der Waals surface area contributed by atoms with Crippen molar-refractivity contribution in [3.05, 3.63) is 251 Å². The minimum atomic E-state index is -0.409. The summed E-state index contributed by atoms with van der Waals surface area (Å²) in [6, 6.07) is 49.9. The Kier molecular flexibility index (Phi) is 41.0. The lowest BCUT2D eigenvalue weighted by molar-refractivity contribution is 0.0924. The number of para-hydroxylation sites is 2. The number of anilines is 5. The number of benzene rings is 7. The van der Waals surface area contributed by atoms with Crippen LogP contribution in [0, 0.1) is 5.82 Å². The van der Waals surface area contributed by atoms with E-state index in [0.29, 0.717) is 112 Å². The molecule has 6 fully saturated rings. The number of pyridine rings is 1. The first kappa shape index (κ1) is 108. The van der Waals surface area contributed by atoms with Gasteiger partial charge >= 0.3 is 0 Å². The van der Waals surface area contributed by atoms with Gasteiger partial charge in [0.15, 0.2) is 0 Å². The van der Waals surface area contributed by atoms with Crippen LogP contribution in [0.4, 0.5) is 34.1 Å². The largest absolute Gasteiger partial charge is 0.395 e. The maximum atomic E-state index is 14.2. The molecule has 34 heteroatoms. The van der Waals surface area contributed by atoms with Gasteiger partial charge in [0.05, 0.1) is 107 Å². The molecule has 33 nitrogen and oxygen atoms in total. The number of amides is 5. The van der Waals surface area contributed by atoms with Crippen LogP contribution in [0.15, 0.2) is 201 Å². The van der Waals surface area contributed by atoms with E-state index >= 15 is 0 Å². The van der Waals surface area contributed by atoms with Crippen LogP contribution < -0.4 is 53.2 Å². The van der Waals surface area contributed by atoms with Gasteiger partial charge in [0.2, 0.25) is 29.7 Å². The fraction of sp³-hybridized carbons (Fsp3) is 0.421. The predicted octanol–water partition coefficient (Wildman–Crippen LogP) is 15.8. The number of aromatic nitrogens is 11. The molecule has 1 aliphatic heterocycles. The summed E-state index contributed by atoms with van der Waals surface area (Å²) in [7, 11) is 0. The van der Waals surface area contributed by atoms with Crippen molar-refractivity contribution in [2.75, 3.05) is 52.9 Å². The number of ether oxygens (including phenoxy) is 1. The van der Waals surface area contributed by atoms with E-state index in [1.165, 1.54) is 6.07 Å². The third-order valence-electron chi connectivity index (χ3n) is 25.5. The second-order valence-corrected chi connectivity index (χ2v) is 35.7. The number of carbonyl (C=O) groups is 5. The molecule has 7 aromatic carbocycles. The Labute approximate surface area is 822 Å². The normalized spacial score (nSPS) is 20.3. The Bertz CT molecular complexity index is 6040. The van der Waals surface area contributed by atoms with Gasteiger partial charge < -0.3 is 88.5 Å². The first-order valence-electron chi connectivity index (χ1n) is 47.6. The third kappa shape index (κ3) is 31.2. The fourth-order valence-electron chi connectivity index (χ4n) is 17.6. The molecule has 748 valence electrons. The van der Waals surface area contributed by atoms with Crippen molar-refractivity contribution < 1.29 is 63.7 Å². The van der Waals surface area contributed by atoms with Gasteiger partial charge in [-0.15, -0.1) is 0 Å². The van der Waals surface area contributed by atoms with Crippen LogP contribution in [0.1, 0.15) is 253 Å². The van der Waals surface area contributed by atoms with Crippen LogP contribution in [0.5, 0.6) is 0 Å². The highest BCUT2D eigenvalue weighted by atomic mass is 19.1. The van der Waals surface area contributed by atoms with Crippen molar-refractivity contribution in [3.63, 3.8) is 0 Å². The molecule has 1 saturated heterocycles. The number of halogens is 1. The lowest BCUT2D eigenvalue weighted by Crippen LogP contribution is -2.35. The van der Waals surface area contributed by atoms with E-state index in [9.17, 15) is 53.9 Å². The lowest BCUT2D eigenvalue weighted by Gasteiger charge is -2.26. The molecule has 0 bridgehead atoms. The van der Waals surface area contributed by atoms with Crippen molar-refractivity contribution in [1.29, 1.82) is 0 Å². The molecule has 0 spiro atoms. The van der Waals surface area contributed by atoms with E-state index in [-0.39, 0.29) is 145 Å². The van der Waals surface area contributed by atoms with Crippen LogP contribution in [0.3, 0.4) is 0 Å². The van der Waals surface area contributed by atoms with Gasteiger partial charge in [-0.2, -0.15) is 0 Å². The highest BCUT2D eigenvalue weighted by Gasteiger charge is 2.29. The van der Waals surface area contributed by atoms with Crippen LogP contribution in [0.2, 0.25) is 0 Å². The number of carbonyl (C=O) groups excluding carboxylic acids is 5. The minimum absolute atomic E-state index is 0. The molecule has 6 aliphatic rings. The number of nitrogens with one attached hydrogen (secondary N) is 10. The molecule has 19 rings (SSSR count). The molecule has 2 atom stereocenters. The number of hydrogen-bond donors (Lipinski definition) is 16. The maximum Gasteiger partial charge on any atom is 0.253 e. The van der Waals surface area contributed by atoms with Gasteiger partial charge in [-0.3, -0.25) is 29.0 Å². The molecule has 141 heavy (non-hydrogen) atoms. The maximum absolute atomic E-state index is 14.2. The number of aliphatic hydroxyl groups is 6. The van der Waals surface area contributed by atoms with Crippen molar-refractivity contribution in [1.82, 2.24) is 81.4 Å². The molecule has 5 saturated carbocycles. The molecule has 13 aromatic rings. The summed E-state index contributed by atoms with van der Waals surface area (Å²) in [6.45, 7) is 4.12. The average molecular weight is 1930 g/mol. The zero-order chi connectivity index (χ0) is 95.4. The summed E-state index contributed by atoms with van der Waals surface area (Å²) in [5.41, 5.74) is 8.31. The first-order valence-corrected chi connectivity index (χ1v) is 47.6. The number of hydrogen-bond acceptors (Lipinski definition) is 28. The highest BCUT2D eigenvalue weighted by Crippen LogP contribution is 2.31. The smallest absolute Gasteiger partial charge is 0.253 e. The molecule has 16 N–H and O–H groups in total. The quantitative estimate of drug-likeness (QED) is 0.0253. The molecule has 5 aliphatic carbocycles. The third-order valence-corrected chi connectivity index (χ3v) is 25.5. The van der Waals surface area contributed by atoms with E-state index in [0.717, 1.165) is 184 Å². The van der Waals surface area contributed by atoms with Crippen LogP contribution in [-0.4, -0.2) is 208 Å². The Balaban J connectivity index is 0.000000168. The molecule has 2 unspecified atom stereocenters. The predicted molar refractivity (Wildman–Crippen MR) is 550 cm³/mol. The van der Waals surface area contributed by atoms with E-state index < -0.39 is 6.04 Å². The average Bonchev–Trinajstić information content (AvgIpc) is 1.54. The van der Waals surface area contributed by atoms with Crippen molar-refractivity contribution in [2.45, 2.75) is 264 Å². The van der Waals surface area contributed by atoms with Crippen LogP contribution in [-0.2, 0) is 17.8 Å². The zero-order valence-electron chi connectivity index (χ0n) is 76.7. The lowest BCUT2D eigenvalue weighted by atomic mass is 9.93. The van der Waals surface area contributed by atoms with E-state index in [2.05, 4.69) is 108 Å². The molecule has 7 heterocycles. The Morgan fingerprint density at radius 1 is 0.376 bits per heavy atom. The Hall–Kier alpha value is -13.6. The number of fused-ring (bicyclic) bond motifs is 5.